The van der Waals surface area contributed by atoms with Gasteiger partial charge >= 0.3 is 0 Å². The van der Waals surface area contributed by atoms with Crippen LogP contribution in [0.2, 0.25) is 0 Å². The molecule has 1 N–H and O–H groups in total. The SMILES string of the molecule is COc1ccc(C)cc1NC(=O)C(Oc1cccc([N+](=O)[O-])c1)c1ccccc1. The zero-order valence-corrected chi connectivity index (χ0v) is 16.0. The number of aryl methyl sites for hydroxylation is 1. The maximum atomic E-state index is 13.1. The third-order valence-electron chi connectivity index (χ3n) is 4.24. The number of nitro groups is 1. The molecule has 0 heterocycles. The van der Waals surface area contributed by atoms with E-state index in [1.807, 2.05) is 19.1 Å². The molecule has 1 atom stereocenters. The Bertz CT molecular complexity index is 1020. The fourth-order valence-electron chi connectivity index (χ4n) is 2.83. The van der Waals surface area contributed by atoms with Crippen LogP contribution in [0, 0.1) is 17.0 Å². The second-order valence-corrected chi connectivity index (χ2v) is 6.36. The molecule has 3 aromatic rings. The van der Waals surface area contributed by atoms with Crippen LogP contribution < -0.4 is 14.8 Å². The number of rotatable bonds is 7. The van der Waals surface area contributed by atoms with Gasteiger partial charge in [0.25, 0.3) is 11.6 Å². The van der Waals surface area contributed by atoms with Gasteiger partial charge in [0.2, 0.25) is 6.10 Å². The maximum absolute atomic E-state index is 13.1. The Morgan fingerprint density at radius 2 is 1.79 bits per heavy atom. The van der Waals surface area contributed by atoms with Crippen molar-refractivity contribution in [3.05, 3.63) is 94.0 Å². The molecule has 0 aliphatic heterocycles. The summed E-state index contributed by atoms with van der Waals surface area (Å²) in [6.45, 7) is 1.91. The van der Waals surface area contributed by atoms with E-state index in [1.54, 1.807) is 42.5 Å². The number of nitrogens with one attached hydrogen (secondary N) is 1. The summed E-state index contributed by atoms with van der Waals surface area (Å²) in [4.78, 5) is 23.6. The molecule has 0 saturated heterocycles. The molecular weight excluding hydrogens is 372 g/mol. The molecule has 0 aromatic heterocycles. The van der Waals surface area contributed by atoms with E-state index in [1.165, 1.54) is 25.3 Å². The van der Waals surface area contributed by atoms with Crippen molar-refractivity contribution in [2.75, 3.05) is 12.4 Å². The number of carbonyl (C=O) groups is 1. The van der Waals surface area contributed by atoms with E-state index in [-0.39, 0.29) is 11.4 Å². The Kier molecular flexibility index (Phi) is 6.09. The van der Waals surface area contributed by atoms with Gasteiger partial charge in [-0.3, -0.25) is 14.9 Å². The van der Waals surface area contributed by atoms with Crippen LogP contribution in [0.25, 0.3) is 0 Å². The Labute approximate surface area is 168 Å². The van der Waals surface area contributed by atoms with Crippen LogP contribution >= 0.6 is 0 Å². The summed E-state index contributed by atoms with van der Waals surface area (Å²) in [6.07, 6.45) is -1.01. The van der Waals surface area contributed by atoms with Crippen molar-refractivity contribution < 1.29 is 19.2 Å². The van der Waals surface area contributed by atoms with Crippen LogP contribution in [-0.2, 0) is 4.79 Å². The zero-order chi connectivity index (χ0) is 20.8. The summed E-state index contributed by atoms with van der Waals surface area (Å²) in [5.74, 6) is 0.317. The topological polar surface area (TPSA) is 90.7 Å². The highest BCUT2D eigenvalue weighted by molar-refractivity contribution is 5.96. The van der Waals surface area contributed by atoms with Gasteiger partial charge < -0.3 is 14.8 Å². The van der Waals surface area contributed by atoms with Gasteiger partial charge in [-0.2, -0.15) is 0 Å². The summed E-state index contributed by atoms with van der Waals surface area (Å²) in [5, 5.41) is 13.9. The first-order valence-corrected chi connectivity index (χ1v) is 8.89. The Morgan fingerprint density at radius 3 is 2.48 bits per heavy atom. The fourth-order valence-corrected chi connectivity index (χ4v) is 2.83. The van der Waals surface area contributed by atoms with E-state index in [9.17, 15) is 14.9 Å². The van der Waals surface area contributed by atoms with Crippen molar-refractivity contribution in [1.82, 2.24) is 0 Å². The van der Waals surface area contributed by atoms with Crippen LogP contribution in [-0.4, -0.2) is 17.9 Å². The molecule has 7 heteroatoms. The molecular formula is C22H20N2O5. The molecule has 0 saturated carbocycles. The van der Waals surface area contributed by atoms with E-state index in [0.29, 0.717) is 17.0 Å². The third kappa shape index (κ3) is 4.90. The lowest BCUT2D eigenvalue weighted by molar-refractivity contribution is -0.384. The van der Waals surface area contributed by atoms with Crippen LogP contribution in [0.15, 0.2) is 72.8 Å². The summed E-state index contributed by atoms with van der Waals surface area (Å²) in [7, 11) is 1.52. The van der Waals surface area contributed by atoms with Gasteiger partial charge in [0.05, 0.1) is 23.8 Å². The third-order valence-corrected chi connectivity index (χ3v) is 4.24. The van der Waals surface area contributed by atoms with Crippen LogP contribution in [0.1, 0.15) is 17.2 Å². The van der Waals surface area contributed by atoms with Gasteiger partial charge in [-0.25, -0.2) is 0 Å². The second-order valence-electron chi connectivity index (χ2n) is 6.36. The van der Waals surface area contributed by atoms with E-state index < -0.39 is 16.9 Å². The Balaban J connectivity index is 1.92. The lowest BCUT2D eigenvalue weighted by atomic mass is 10.1. The van der Waals surface area contributed by atoms with E-state index in [4.69, 9.17) is 9.47 Å². The van der Waals surface area contributed by atoms with Gasteiger partial charge in [0.1, 0.15) is 11.5 Å². The predicted molar refractivity (Wildman–Crippen MR) is 109 cm³/mol. The molecule has 3 aromatic carbocycles. The average Bonchev–Trinajstić information content (AvgIpc) is 2.73. The van der Waals surface area contributed by atoms with Crippen LogP contribution in [0.3, 0.4) is 0 Å². The molecule has 0 aliphatic carbocycles. The van der Waals surface area contributed by atoms with E-state index in [2.05, 4.69) is 5.32 Å². The minimum atomic E-state index is -1.01. The van der Waals surface area contributed by atoms with Gasteiger partial charge in [0.15, 0.2) is 0 Å². The largest absolute Gasteiger partial charge is 0.495 e. The van der Waals surface area contributed by atoms with E-state index >= 15 is 0 Å². The van der Waals surface area contributed by atoms with Crippen molar-refractivity contribution in [2.45, 2.75) is 13.0 Å². The minimum absolute atomic E-state index is 0.116. The van der Waals surface area contributed by atoms with Gasteiger partial charge in [-0.1, -0.05) is 42.5 Å². The summed E-state index contributed by atoms with van der Waals surface area (Å²) >= 11 is 0. The molecule has 29 heavy (non-hydrogen) atoms. The van der Waals surface area contributed by atoms with Crippen molar-refractivity contribution in [3.63, 3.8) is 0 Å². The second kappa shape index (κ2) is 8.88. The number of ether oxygens (including phenoxy) is 2. The number of non-ortho nitro benzene ring substituents is 1. The van der Waals surface area contributed by atoms with Crippen molar-refractivity contribution in [2.24, 2.45) is 0 Å². The summed E-state index contributed by atoms with van der Waals surface area (Å²) in [5.41, 5.74) is 1.97. The Hall–Kier alpha value is -3.87. The molecule has 1 unspecified atom stereocenters. The number of benzene rings is 3. The monoisotopic (exact) mass is 392 g/mol. The number of anilines is 1. The van der Waals surface area contributed by atoms with Crippen LogP contribution in [0.4, 0.5) is 11.4 Å². The highest BCUT2D eigenvalue weighted by Gasteiger charge is 2.24. The fraction of sp³-hybridized carbons (Fsp3) is 0.136. The number of nitro benzene ring substituents is 1. The number of methoxy groups -OCH3 is 1. The average molecular weight is 392 g/mol. The minimum Gasteiger partial charge on any atom is -0.495 e. The molecule has 3 rings (SSSR count). The summed E-state index contributed by atoms with van der Waals surface area (Å²) in [6, 6.07) is 20.1. The first kappa shape index (κ1) is 19.9. The molecule has 0 fully saturated rings. The lowest BCUT2D eigenvalue weighted by Gasteiger charge is -2.20. The maximum Gasteiger partial charge on any atom is 0.273 e. The van der Waals surface area contributed by atoms with E-state index in [0.717, 1.165) is 5.56 Å². The summed E-state index contributed by atoms with van der Waals surface area (Å²) < 4.78 is 11.2. The molecule has 7 nitrogen and oxygen atoms in total. The number of hydrogen-bond acceptors (Lipinski definition) is 5. The predicted octanol–water partition coefficient (Wildman–Crippen LogP) is 4.67. The molecule has 148 valence electrons. The molecule has 0 aliphatic rings. The van der Waals surface area contributed by atoms with Crippen molar-refractivity contribution >= 4 is 17.3 Å². The highest BCUT2D eigenvalue weighted by atomic mass is 16.6. The standard InChI is InChI=1S/C22H20N2O5/c1-15-11-12-20(28-2)19(13-15)23-22(25)21(16-7-4-3-5-8-16)29-18-10-6-9-17(14-18)24(26)27/h3-14,21H,1-2H3,(H,23,25). The molecule has 0 spiro atoms. The highest BCUT2D eigenvalue weighted by Crippen LogP contribution is 2.29. The van der Waals surface area contributed by atoms with Gasteiger partial charge in [-0.15, -0.1) is 0 Å². The number of hydrogen-bond donors (Lipinski definition) is 1. The zero-order valence-electron chi connectivity index (χ0n) is 16.0. The van der Waals surface area contributed by atoms with Gasteiger partial charge in [-0.05, 0) is 30.7 Å². The number of amides is 1. The quantitative estimate of drug-likeness (QED) is 0.466. The first-order valence-electron chi connectivity index (χ1n) is 8.89. The van der Waals surface area contributed by atoms with Gasteiger partial charge in [0, 0.05) is 11.6 Å². The smallest absolute Gasteiger partial charge is 0.273 e. The lowest BCUT2D eigenvalue weighted by Crippen LogP contribution is -2.26. The first-order chi connectivity index (χ1) is 14.0. The van der Waals surface area contributed by atoms with Crippen molar-refractivity contribution in [3.8, 4) is 11.5 Å². The molecule has 1 amide bonds. The van der Waals surface area contributed by atoms with Crippen molar-refractivity contribution in [1.29, 1.82) is 0 Å². The molecule has 0 radical (unpaired) electrons. The van der Waals surface area contributed by atoms with Crippen LogP contribution in [0.5, 0.6) is 11.5 Å². The number of nitrogens with zero attached hydrogens (tertiary/aromatic N) is 1. The number of carbonyl (C=O) groups excluding carboxylic acids is 1. The normalized spacial score (nSPS) is 11.4. The Morgan fingerprint density at radius 1 is 1.03 bits per heavy atom. The molecule has 0 bridgehead atoms.